The summed E-state index contributed by atoms with van der Waals surface area (Å²) in [5.41, 5.74) is 6.07. The van der Waals surface area contributed by atoms with Gasteiger partial charge in [0.05, 0.1) is 11.9 Å². The van der Waals surface area contributed by atoms with Crippen LogP contribution < -0.4 is 11.1 Å². The fraction of sp³-hybridized carbons (Fsp3) is 0. The quantitative estimate of drug-likeness (QED) is 0.641. The van der Waals surface area contributed by atoms with Crippen molar-refractivity contribution in [3.05, 3.63) is 31.1 Å². The second-order valence-corrected chi connectivity index (χ2v) is 1.83. The van der Waals surface area contributed by atoms with Crippen LogP contribution in [0.2, 0.25) is 0 Å². The van der Waals surface area contributed by atoms with Crippen LogP contribution in [0.15, 0.2) is 31.1 Å². The maximum atomic E-state index is 5.41. The summed E-state index contributed by atoms with van der Waals surface area (Å²) in [6.45, 7) is 3.50. The molecule has 1 aromatic heterocycles. The molecule has 0 unspecified atom stereocenters. The number of rotatable bonds is 2. The van der Waals surface area contributed by atoms with Gasteiger partial charge in [0.2, 0.25) is 0 Å². The van der Waals surface area contributed by atoms with Gasteiger partial charge in [0, 0.05) is 0 Å². The molecule has 3 N–H and O–H groups in total. The topological polar surface area (TPSA) is 50.9 Å². The summed E-state index contributed by atoms with van der Waals surface area (Å²) in [7, 11) is 0. The Morgan fingerprint density at radius 2 is 2.40 bits per heavy atom. The summed E-state index contributed by atoms with van der Waals surface area (Å²) in [4.78, 5) is 3.96. The predicted molar refractivity (Wildman–Crippen MR) is 42.5 cm³/mol. The molecule has 0 aliphatic heterocycles. The highest BCUT2D eigenvalue weighted by atomic mass is 15.0. The van der Waals surface area contributed by atoms with Crippen molar-refractivity contribution in [2.45, 2.75) is 0 Å². The third-order valence-corrected chi connectivity index (χ3v) is 1.04. The van der Waals surface area contributed by atoms with Crippen LogP contribution in [-0.4, -0.2) is 4.98 Å². The molecule has 0 saturated heterocycles. The van der Waals surface area contributed by atoms with Crippen LogP contribution in [0.3, 0.4) is 0 Å². The molecule has 0 aliphatic carbocycles. The highest BCUT2D eigenvalue weighted by Crippen LogP contribution is 2.04. The number of nitrogens with zero attached hydrogens (tertiary/aromatic N) is 1. The van der Waals surface area contributed by atoms with Crippen LogP contribution >= 0.6 is 0 Å². The molecule has 0 radical (unpaired) electrons. The van der Waals surface area contributed by atoms with Gasteiger partial charge in [-0.1, -0.05) is 6.58 Å². The van der Waals surface area contributed by atoms with Gasteiger partial charge < -0.3 is 11.1 Å². The maximum Gasteiger partial charge on any atom is 0.129 e. The summed E-state index contributed by atoms with van der Waals surface area (Å²) in [5.74, 6) is 0.754. The lowest BCUT2D eigenvalue weighted by Crippen LogP contribution is -1.91. The fourth-order valence-corrected chi connectivity index (χ4v) is 0.595. The number of nitrogens with one attached hydrogen (secondary N) is 1. The van der Waals surface area contributed by atoms with Crippen molar-refractivity contribution in [1.82, 2.24) is 4.98 Å². The highest BCUT2D eigenvalue weighted by Gasteiger charge is 1.86. The van der Waals surface area contributed by atoms with E-state index in [0.717, 1.165) is 5.82 Å². The van der Waals surface area contributed by atoms with E-state index in [9.17, 15) is 0 Å². The normalized spacial score (nSPS) is 8.80. The number of nitrogens with two attached hydrogens (primary N) is 1. The number of hydrogen-bond acceptors (Lipinski definition) is 3. The minimum atomic E-state index is 0.662. The van der Waals surface area contributed by atoms with Crippen molar-refractivity contribution in [1.29, 1.82) is 0 Å². The van der Waals surface area contributed by atoms with Crippen molar-refractivity contribution < 1.29 is 0 Å². The van der Waals surface area contributed by atoms with Gasteiger partial charge in [-0.3, -0.25) is 0 Å². The van der Waals surface area contributed by atoms with Gasteiger partial charge in [-0.15, -0.1) is 0 Å². The fourth-order valence-electron chi connectivity index (χ4n) is 0.595. The van der Waals surface area contributed by atoms with Gasteiger partial charge in [0.1, 0.15) is 5.82 Å². The van der Waals surface area contributed by atoms with Crippen molar-refractivity contribution in [3.8, 4) is 0 Å². The number of nitrogen functional groups attached to an aromatic ring is 1. The van der Waals surface area contributed by atoms with E-state index < -0.39 is 0 Å². The molecule has 0 saturated carbocycles. The SMILES string of the molecule is C=CNc1ccc(N)cn1. The zero-order valence-corrected chi connectivity index (χ0v) is 5.54. The minimum Gasteiger partial charge on any atom is -0.397 e. The van der Waals surface area contributed by atoms with Gasteiger partial charge in [0.15, 0.2) is 0 Å². The average Bonchev–Trinajstić information content (AvgIpc) is 1.95. The Hall–Kier alpha value is -1.51. The molecule has 0 aliphatic rings. The lowest BCUT2D eigenvalue weighted by molar-refractivity contribution is 1.31. The second-order valence-electron chi connectivity index (χ2n) is 1.83. The van der Waals surface area contributed by atoms with E-state index in [0.29, 0.717) is 5.69 Å². The van der Waals surface area contributed by atoms with E-state index in [-0.39, 0.29) is 0 Å². The van der Waals surface area contributed by atoms with E-state index in [1.54, 1.807) is 24.5 Å². The smallest absolute Gasteiger partial charge is 0.129 e. The second kappa shape index (κ2) is 2.87. The molecule has 0 fully saturated rings. The van der Waals surface area contributed by atoms with E-state index in [4.69, 9.17) is 5.73 Å². The molecule has 0 spiro atoms. The zero-order valence-electron chi connectivity index (χ0n) is 5.54. The lowest BCUT2D eigenvalue weighted by atomic mass is 10.4. The molecule has 0 amide bonds. The minimum absolute atomic E-state index is 0.662. The van der Waals surface area contributed by atoms with Crippen LogP contribution in [0.5, 0.6) is 0 Å². The summed E-state index contributed by atoms with van der Waals surface area (Å²) < 4.78 is 0. The van der Waals surface area contributed by atoms with Crippen LogP contribution in [0.25, 0.3) is 0 Å². The third-order valence-electron chi connectivity index (χ3n) is 1.04. The lowest BCUT2D eigenvalue weighted by Gasteiger charge is -1.97. The molecule has 1 aromatic rings. The molecular formula is C7H9N3. The van der Waals surface area contributed by atoms with Crippen LogP contribution in [0, 0.1) is 0 Å². The number of aromatic nitrogens is 1. The van der Waals surface area contributed by atoms with E-state index in [1.165, 1.54) is 0 Å². The molecule has 52 valence electrons. The van der Waals surface area contributed by atoms with E-state index in [1.807, 2.05) is 0 Å². The van der Waals surface area contributed by atoms with Gasteiger partial charge in [-0.25, -0.2) is 4.98 Å². The van der Waals surface area contributed by atoms with Crippen molar-refractivity contribution >= 4 is 11.5 Å². The number of pyridine rings is 1. The molecule has 1 rings (SSSR count). The number of hydrogen-bond donors (Lipinski definition) is 2. The summed E-state index contributed by atoms with van der Waals surface area (Å²) in [6, 6.07) is 3.57. The van der Waals surface area contributed by atoms with Gasteiger partial charge in [-0.05, 0) is 18.3 Å². The van der Waals surface area contributed by atoms with Crippen molar-refractivity contribution in [2.75, 3.05) is 11.1 Å². The molecule has 3 nitrogen and oxygen atoms in total. The summed E-state index contributed by atoms with van der Waals surface area (Å²) in [6.07, 6.45) is 3.16. The molecule has 10 heavy (non-hydrogen) atoms. The first-order valence-electron chi connectivity index (χ1n) is 2.92. The molecular weight excluding hydrogens is 126 g/mol. The van der Waals surface area contributed by atoms with Gasteiger partial charge >= 0.3 is 0 Å². The molecule has 3 heteroatoms. The van der Waals surface area contributed by atoms with Gasteiger partial charge in [-0.2, -0.15) is 0 Å². The Bertz CT molecular complexity index is 215. The monoisotopic (exact) mass is 135 g/mol. The Kier molecular flexibility index (Phi) is 1.89. The zero-order chi connectivity index (χ0) is 7.40. The average molecular weight is 135 g/mol. The van der Waals surface area contributed by atoms with Gasteiger partial charge in [0.25, 0.3) is 0 Å². The summed E-state index contributed by atoms with van der Waals surface area (Å²) >= 11 is 0. The van der Waals surface area contributed by atoms with Crippen molar-refractivity contribution in [2.24, 2.45) is 0 Å². The van der Waals surface area contributed by atoms with Crippen LogP contribution in [-0.2, 0) is 0 Å². The molecule has 0 aromatic carbocycles. The first-order chi connectivity index (χ1) is 4.83. The maximum absolute atomic E-state index is 5.41. The number of anilines is 2. The Morgan fingerprint density at radius 1 is 1.60 bits per heavy atom. The largest absolute Gasteiger partial charge is 0.397 e. The first kappa shape index (κ1) is 6.61. The molecule has 0 bridgehead atoms. The summed E-state index contributed by atoms with van der Waals surface area (Å²) in [5, 5.41) is 2.83. The Labute approximate surface area is 59.6 Å². The first-order valence-corrected chi connectivity index (χ1v) is 2.92. The Morgan fingerprint density at radius 3 is 2.90 bits per heavy atom. The Balaban J connectivity index is 2.78. The molecule has 0 atom stereocenters. The standard InChI is InChI=1S/C7H9N3/c1-2-9-7-4-3-6(8)5-10-7/h2-5H,1,8H2,(H,9,10). The third kappa shape index (κ3) is 1.48. The van der Waals surface area contributed by atoms with Crippen LogP contribution in [0.1, 0.15) is 0 Å². The highest BCUT2D eigenvalue weighted by molar-refractivity contribution is 5.44. The van der Waals surface area contributed by atoms with E-state index in [2.05, 4.69) is 16.9 Å². The molecule has 1 heterocycles. The van der Waals surface area contributed by atoms with Crippen LogP contribution in [0.4, 0.5) is 11.5 Å². The predicted octanol–water partition coefficient (Wildman–Crippen LogP) is 1.22. The van der Waals surface area contributed by atoms with E-state index >= 15 is 0 Å². The van der Waals surface area contributed by atoms with Crippen molar-refractivity contribution in [3.63, 3.8) is 0 Å².